The van der Waals surface area contributed by atoms with Crippen molar-refractivity contribution in [1.29, 1.82) is 0 Å². The number of rotatable bonds is 6. The first-order valence-electron chi connectivity index (χ1n) is 22.6. The third kappa shape index (κ3) is 5.08. The summed E-state index contributed by atoms with van der Waals surface area (Å²) in [5, 5.41) is 12.5. The molecular weight excluding hydrogens is 773 g/mol. The van der Waals surface area contributed by atoms with Crippen molar-refractivity contribution in [2.75, 3.05) is 9.80 Å². The summed E-state index contributed by atoms with van der Waals surface area (Å²) >= 11 is 0. The lowest BCUT2D eigenvalue weighted by atomic mass is 9.68. The minimum absolute atomic E-state index is 0.310. The molecule has 11 aromatic rings. The number of benzene rings is 11. The highest BCUT2D eigenvalue weighted by Gasteiger charge is 2.46. The Balaban J connectivity index is 1.12. The van der Waals surface area contributed by atoms with Gasteiger partial charge in [-0.15, -0.1) is 0 Å². The van der Waals surface area contributed by atoms with Crippen LogP contribution in [-0.2, 0) is 10.8 Å². The molecule has 2 aliphatic carbocycles. The van der Waals surface area contributed by atoms with Gasteiger partial charge in [0.1, 0.15) is 0 Å². The minimum Gasteiger partial charge on any atom is -0.309 e. The molecule has 0 aromatic heterocycles. The smallest absolute Gasteiger partial charge is 0.0544 e. The van der Waals surface area contributed by atoms with Crippen LogP contribution in [0.15, 0.2) is 206 Å². The van der Waals surface area contributed by atoms with Gasteiger partial charge in [-0.1, -0.05) is 191 Å². The van der Waals surface area contributed by atoms with Gasteiger partial charge < -0.3 is 9.80 Å². The third-order valence-corrected chi connectivity index (χ3v) is 14.7. The van der Waals surface area contributed by atoms with Crippen molar-refractivity contribution >= 4 is 88.0 Å². The van der Waals surface area contributed by atoms with Crippen LogP contribution in [0.4, 0.5) is 34.1 Å². The van der Waals surface area contributed by atoms with Gasteiger partial charge >= 0.3 is 0 Å². The molecule has 2 aliphatic rings. The topological polar surface area (TPSA) is 6.48 Å². The molecule has 0 atom stereocenters. The molecule has 13 rings (SSSR count). The first-order valence-corrected chi connectivity index (χ1v) is 22.6. The van der Waals surface area contributed by atoms with Crippen LogP contribution in [0.5, 0.6) is 0 Å². The van der Waals surface area contributed by atoms with E-state index in [-0.39, 0.29) is 10.8 Å². The summed E-state index contributed by atoms with van der Waals surface area (Å²) in [6.07, 6.45) is 0. The van der Waals surface area contributed by atoms with E-state index in [1.54, 1.807) is 0 Å². The van der Waals surface area contributed by atoms with Crippen LogP contribution in [0.1, 0.15) is 49.9 Å². The molecule has 2 heteroatoms. The first kappa shape index (κ1) is 36.9. The Kier molecular flexibility index (Phi) is 7.74. The van der Waals surface area contributed by atoms with Gasteiger partial charge in [0.05, 0.1) is 28.4 Å². The van der Waals surface area contributed by atoms with Gasteiger partial charge in [0.15, 0.2) is 0 Å². The van der Waals surface area contributed by atoms with Crippen molar-refractivity contribution in [1.82, 2.24) is 0 Å². The molecule has 0 unspecified atom stereocenters. The van der Waals surface area contributed by atoms with Crippen molar-refractivity contribution in [2.45, 2.75) is 38.5 Å². The molecule has 2 nitrogen and oxygen atoms in total. The number of hydrogen-bond donors (Lipinski definition) is 0. The number of nitrogens with zero attached hydrogens (tertiary/aromatic N) is 2. The maximum absolute atomic E-state index is 2.57. The van der Waals surface area contributed by atoms with Crippen molar-refractivity contribution in [2.24, 2.45) is 0 Å². The predicted molar refractivity (Wildman–Crippen MR) is 273 cm³/mol. The zero-order valence-electron chi connectivity index (χ0n) is 36.5. The van der Waals surface area contributed by atoms with Crippen molar-refractivity contribution < 1.29 is 0 Å². The van der Waals surface area contributed by atoms with Gasteiger partial charge in [0, 0.05) is 43.4 Å². The van der Waals surface area contributed by atoms with Crippen LogP contribution in [0.3, 0.4) is 0 Å². The molecule has 0 bridgehead atoms. The quantitative estimate of drug-likeness (QED) is 0.165. The first-order chi connectivity index (χ1) is 31.3. The van der Waals surface area contributed by atoms with Gasteiger partial charge in [0.2, 0.25) is 0 Å². The molecule has 304 valence electrons. The Hall–Kier alpha value is -7.68. The molecule has 0 saturated heterocycles. The molecule has 0 spiro atoms. The zero-order valence-corrected chi connectivity index (χ0v) is 36.5. The summed E-state index contributed by atoms with van der Waals surface area (Å²) in [6.45, 7) is 9.83. The standard InChI is InChI=1S/C62H46N2/c1-61(2)49-31-17-30-48-57(64(55-34-15-24-41-20-7-11-28-46(41)55)56-35-16-25-42-21-8-12-29-47(42)56)38-52-60(58(48)49)59-50(61)36-43(37-51(59)62(52,3)4)63(53-32-13-22-39-18-5-9-26-44(39)53)54-33-14-23-40-19-6-10-27-45(40)54/h5-38H,1-4H3. The highest BCUT2D eigenvalue weighted by atomic mass is 15.2. The van der Waals surface area contributed by atoms with Crippen LogP contribution in [0, 0.1) is 0 Å². The third-order valence-electron chi connectivity index (χ3n) is 14.7. The van der Waals surface area contributed by atoms with Gasteiger partial charge in [-0.05, 0) is 103 Å². The molecule has 0 N–H and O–H groups in total. The van der Waals surface area contributed by atoms with Gasteiger partial charge in [-0.2, -0.15) is 0 Å². The number of fused-ring (bicyclic) bond motifs is 4. The predicted octanol–water partition coefficient (Wildman–Crippen LogP) is 17.3. The Morgan fingerprint density at radius 2 is 0.625 bits per heavy atom. The molecule has 0 aliphatic heterocycles. The second kappa shape index (κ2) is 13.4. The van der Waals surface area contributed by atoms with Crippen LogP contribution in [0.25, 0.3) is 65.0 Å². The molecule has 0 heterocycles. The average Bonchev–Trinajstić information content (AvgIpc) is 3.56. The van der Waals surface area contributed by atoms with E-state index in [9.17, 15) is 0 Å². The van der Waals surface area contributed by atoms with Crippen molar-refractivity contribution in [3.63, 3.8) is 0 Å². The van der Waals surface area contributed by atoms with Gasteiger partial charge in [-0.25, -0.2) is 0 Å². The molecule has 0 fully saturated rings. The number of hydrogen-bond acceptors (Lipinski definition) is 2. The Bertz CT molecular complexity index is 3580. The van der Waals surface area contributed by atoms with E-state index in [0.29, 0.717) is 0 Å². The van der Waals surface area contributed by atoms with Crippen molar-refractivity contribution in [3.05, 3.63) is 229 Å². The van der Waals surface area contributed by atoms with Gasteiger partial charge in [0.25, 0.3) is 0 Å². The second-order valence-electron chi connectivity index (χ2n) is 18.9. The zero-order chi connectivity index (χ0) is 42.9. The number of anilines is 6. The van der Waals surface area contributed by atoms with Crippen LogP contribution >= 0.6 is 0 Å². The molecule has 0 saturated carbocycles. The molecular formula is C62H46N2. The van der Waals surface area contributed by atoms with E-state index < -0.39 is 0 Å². The maximum atomic E-state index is 2.57. The fourth-order valence-corrected chi connectivity index (χ4v) is 11.6. The molecule has 0 amide bonds. The highest BCUT2D eigenvalue weighted by molar-refractivity contribution is 6.17. The van der Waals surface area contributed by atoms with E-state index in [0.717, 1.165) is 0 Å². The fraction of sp³-hybridized carbons (Fsp3) is 0.0968. The van der Waals surface area contributed by atoms with E-state index in [1.165, 1.54) is 121 Å². The van der Waals surface area contributed by atoms with Crippen LogP contribution in [-0.4, -0.2) is 0 Å². The van der Waals surface area contributed by atoms with E-state index in [2.05, 4.69) is 244 Å². The largest absolute Gasteiger partial charge is 0.309 e. The summed E-state index contributed by atoms with van der Waals surface area (Å²) in [5.74, 6) is 0. The summed E-state index contributed by atoms with van der Waals surface area (Å²) in [6, 6.07) is 77.0. The summed E-state index contributed by atoms with van der Waals surface area (Å²) in [5.41, 5.74) is 14.8. The maximum Gasteiger partial charge on any atom is 0.0544 e. The lowest BCUT2D eigenvalue weighted by molar-refractivity contribution is 0.639. The van der Waals surface area contributed by atoms with Crippen LogP contribution < -0.4 is 9.80 Å². The Morgan fingerprint density at radius 1 is 0.281 bits per heavy atom. The van der Waals surface area contributed by atoms with E-state index in [4.69, 9.17) is 0 Å². The Morgan fingerprint density at radius 3 is 1.08 bits per heavy atom. The SMILES string of the molecule is CC1(C)c2cc(N(c3cccc4ccccc34)c3cccc4ccccc34)cc3c2-c2c1cc(N(c1cccc4ccccc14)c1cccc4ccccc14)c1cccc(c21)C3(C)C. The summed E-state index contributed by atoms with van der Waals surface area (Å²) < 4.78 is 0. The van der Waals surface area contributed by atoms with Crippen LogP contribution in [0.2, 0.25) is 0 Å². The molecule has 11 aromatic carbocycles. The van der Waals surface area contributed by atoms with E-state index >= 15 is 0 Å². The summed E-state index contributed by atoms with van der Waals surface area (Å²) in [7, 11) is 0. The van der Waals surface area contributed by atoms with E-state index in [1.807, 2.05) is 0 Å². The lowest BCUT2D eigenvalue weighted by Gasteiger charge is -2.38. The average molecular weight is 819 g/mol. The highest BCUT2D eigenvalue weighted by Crippen LogP contribution is 2.63. The fourth-order valence-electron chi connectivity index (χ4n) is 11.6. The lowest BCUT2D eigenvalue weighted by Crippen LogP contribution is -2.25. The van der Waals surface area contributed by atoms with Gasteiger partial charge in [-0.3, -0.25) is 0 Å². The minimum atomic E-state index is -0.321. The monoisotopic (exact) mass is 818 g/mol. The van der Waals surface area contributed by atoms with Crippen molar-refractivity contribution in [3.8, 4) is 11.1 Å². The normalized spacial score (nSPS) is 14.2. The molecule has 0 radical (unpaired) electrons. The summed E-state index contributed by atoms with van der Waals surface area (Å²) in [4.78, 5) is 5.11. The Labute approximate surface area is 374 Å². The molecule has 64 heavy (non-hydrogen) atoms. The second-order valence-corrected chi connectivity index (χ2v) is 18.9.